The number of allylic oxidation sites excluding steroid dienone is 1. The summed E-state index contributed by atoms with van der Waals surface area (Å²) in [7, 11) is 1.60. The van der Waals surface area contributed by atoms with Crippen LogP contribution in [0.5, 0.6) is 5.75 Å². The Bertz CT molecular complexity index is 1000. The van der Waals surface area contributed by atoms with Gasteiger partial charge in [-0.1, -0.05) is 6.08 Å². The van der Waals surface area contributed by atoms with Crippen LogP contribution in [0.15, 0.2) is 47.6 Å². The van der Waals surface area contributed by atoms with Crippen LogP contribution < -0.4 is 15.1 Å². The van der Waals surface area contributed by atoms with Gasteiger partial charge in [0, 0.05) is 22.9 Å². The van der Waals surface area contributed by atoms with Gasteiger partial charge in [-0.15, -0.1) is 0 Å². The van der Waals surface area contributed by atoms with Crippen molar-refractivity contribution in [2.24, 2.45) is 5.10 Å². The summed E-state index contributed by atoms with van der Waals surface area (Å²) in [6.45, 7) is 13.2. The maximum Gasteiger partial charge on any atom is 0.271 e. The molecule has 1 N–H and O–H groups in total. The highest BCUT2D eigenvalue weighted by molar-refractivity contribution is 5.95. The van der Waals surface area contributed by atoms with Crippen molar-refractivity contribution in [3.63, 3.8) is 0 Å². The van der Waals surface area contributed by atoms with E-state index in [0.717, 1.165) is 11.1 Å². The average molecular weight is 406 g/mol. The molecular weight excluding hydrogens is 374 g/mol. The van der Waals surface area contributed by atoms with Gasteiger partial charge >= 0.3 is 0 Å². The number of aryl methyl sites for hydroxylation is 1. The SMILES string of the molecule is COc1ccc(C(=O)N/N=C\c2cc3c(cc2C)N(C(C)C)C(C)(C)C=C3C)cc1. The summed E-state index contributed by atoms with van der Waals surface area (Å²) in [5.41, 5.74) is 8.90. The van der Waals surface area contributed by atoms with Crippen molar-refractivity contribution in [1.82, 2.24) is 5.43 Å². The Hall–Kier alpha value is -3.08. The van der Waals surface area contributed by atoms with Crippen LogP contribution in [0.25, 0.3) is 5.57 Å². The lowest BCUT2D eigenvalue weighted by Crippen LogP contribution is -2.49. The smallest absolute Gasteiger partial charge is 0.271 e. The van der Waals surface area contributed by atoms with E-state index in [1.165, 1.54) is 16.8 Å². The quantitative estimate of drug-likeness (QED) is 0.551. The zero-order chi connectivity index (χ0) is 22.1. The number of nitrogens with zero attached hydrogens (tertiary/aromatic N) is 2. The summed E-state index contributed by atoms with van der Waals surface area (Å²) in [4.78, 5) is 14.8. The summed E-state index contributed by atoms with van der Waals surface area (Å²) in [5, 5.41) is 4.19. The molecule has 0 atom stereocenters. The van der Waals surface area contributed by atoms with Gasteiger partial charge in [-0.3, -0.25) is 4.79 Å². The van der Waals surface area contributed by atoms with E-state index in [0.29, 0.717) is 17.4 Å². The first-order chi connectivity index (χ1) is 14.1. The monoisotopic (exact) mass is 405 g/mol. The van der Waals surface area contributed by atoms with Crippen molar-refractivity contribution >= 4 is 23.4 Å². The van der Waals surface area contributed by atoms with E-state index in [4.69, 9.17) is 4.74 Å². The lowest BCUT2D eigenvalue weighted by atomic mass is 9.86. The minimum atomic E-state index is -0.256. The summed E-state index contributed by atoms with van der Waals surface area (Å²) in [6, 6.07) is 11.7. The summed E-state index contributed by atoms with van der Waals surface area (Å²) in [5.74, 6) is 0.454. The average Bonchev–Trinajstić information content (AvgIpc) is 2.67. The highest BCUT2D eigenvalue weighted by Gasteiger charge is 2.33. The molecule has 5 heteroatoms. The fraction of sp³-hybridized carbons (Fsp3) is 0.360. The minimum Gasteiger partial charge on any atom is -0.497 e. The second-order valence-electron chi connectivity index (χ2n) is 8.60. The number of nitrogens with one attached hydrogen (secondary N) is 1. The van der Waals surface area contributed by atoms with Crippen molar-refractivity contribution in [3.8, 4) is 5.75 Å². The molecule has 2 aromatic rings. The number of methoxy groups -OCH3 is 1. The molecule has 1 aliphatic heterocycles. The van der Waals surface area contributed by atoms with Crippen LogP contribution in [0.4, 0.5) is 5.69 Å². The van der Waals surface area contributed by atoms with E-state index in [2.05, 4.69) is 75.2 Å². The van der Waals surface area contributed by atoms with E-state index >= 15 is 0 Å². The number of carbonyl (C=O) groups excluding carboxylic acids is 1. The third-order valence-electron chi connectivity index (χ3n) is 5.50. The molecule has 1 heterocycles. The summed E-state index contributed by atoms with van der Waals surface area (Å²) >= 11 is 0. The van der Waals surface area contributed by atoms with E-state index in [1.807, 2.05) is 0 Å². The molecule has 0 bridgehead atoms. The normalized spacial score (nSPS) is 15.2. The van der Waals surface area contributed by atoms with E-state index in [1.54, 1.807) is 37.6 Å². The molecule has 0 aromatic heterocycles. The number of carbonyl (C=O) groups is 1. The van der Waals surface area contributed by atoms with Gasteiger partial charge in [-0.2, -0.15) is 5.10 Å². The Labute approximate surface area is 179 Å². The zero-order valence-corrected chi connectivity index (χ0v) is 18.9. The third-order valence-corrected chi connectivity index (χ3v) is 5.50. The van der Waals surface area contributed by atoms with Crippen molar-refractivity contribution < 1.29 is 9.53 Å². The van der Waals surface area contributed by atoms with Crippen LogP contribution in [0.3, 0.4) is 0 Å². The largest absolute Gasteiger partial charge is 0.497 e. The lowest BCUT2D eigenvalue weighted by molar-refractivity contribution is 0.0955. The minimum absolute atomic E-state index is 0.0420. The van der Waals surface area contributed by atoms with Crippen molar-refractivity contribution in [1.29, 1.82) is 0 Å². The number of hydrogen-bond donors (Lipinski definition) is 1. The maximum atomic E-state index is 12.3. The third kappa shape index (κ3) is 4.25. The van der Waals surface area contributed by atoms with Gasteiger partial charge in [-0.05, 0) is 94.6 Å². The number of benzene rings is 2. The lowest BCUT2D eigenvalue weighted by Gasteiger charge is -2.46. The number of fused-ring (bicyclic) bond motifs is 1. The Morgan fingerprint density at radius 2 is 1.83 bits per heavy atom. The number of amides is 1. The summed E-state index contributed by atoms with van der Waals surface area (Å²) in [6.07, 6.45) is 4.03. The Morgan fingerprint density at radius 3 is 2.43 bits per heavy atom. The number of hydrazone groups is 1. The second-order valence-corrected chi connectivity index (χ2v) is 8.60. The number of hydrogen-bond acceptors (Lipinski definition) is 4. The first kappa shape index (κ1) is 21.6. The van der Waals surface area contributed by atoms with Crippen LogP contribution in [0, 0.1) is 6.92 Å². The second kappa shape index (κ2) is 8.34. The standard InChI is InChI=1S/C25H31N3O2/c1-16(2)28-23-12-17(3)20(13-22(23)18(4)14-25(28,5)6)15-26-27-24(29)19-8-10-21(30-7)11-9-19/h8-16H,1-7H3,(H,27,29)/b26-15-. The van der Waals surface area contributed by atoms with Gasteiger partial charge in [0.2, 0.25) is 0 Å². The topological polar surface area (TPSA) is 53.9 Å². The Balaban J connectivity index is 1.84. The van der Waals surface area contributed by atoms with Crippen molar-refractivity contribution in [2.75, 3.05) is 12.0 Å². The van der Waals surface area contributed by atoms with Crippen LogP contribution >= 0.6 is 0 Å². The van der Waals surface area contributed by atoms with E-state index in [-0.39, 0.29) is 11.4 Å². The van der Waals surface area contributed by atoms with Gasteiger partial charge < -0.3 is 9.64 Å². The van der Waals surface area contributed by atoms with Crippen molar-refractivity contribution in [3.05, 3.63) is 64.7 Å². The van der Waals surface area contributed by atoms with Crippen LogP contribution in [-0.4, -0.2) is 30.8 Å². The number of ether oxygens (including phenoxy) is 1. The Kier molecular flexibility index (Phi) is 6.01. The molecule has 158 valence electrons. The van der Waals surface area contributed by atoms with Gasteiger partial charge in [0.25, 0.3) is 5.91 Å². The maximum absolute atomic E-state index is 12.3. The molecule has 0 saturated heterocycles. The van der Waals surface area contributed by atoms with Gasteiger partial charge in [-0.25, -0.2) is 5.43 Å². The molecule has 0 fully saturated rings. The van der Waals surface area contributed by atoms with Crippen LogP contribution in [0.2, 0.25) is 0 Å². The molecule has 1 aliphatic rings. The van der Waals surface area contributed by atoms with E-state index in [9.17, 15) is 4.79 Å². The molecule has 0 spiro atoms. The molecule has 0 unspecified atom stereocenters. The van der Waals surface area contributed by atoms with Gasteiger partial charge in [0.1, 0.15) is 5.75 Å². The molecule has 5 nitrogen and oxygen atoms in total. The molecule has 0 aliphatic carbocycles. The molecule has 30 heavy (non-hydrogen) atoms. The van der Waals surface area contributed by atoms with Crippen LogP contribution in [-0.2, 0) is 0 Å². The summed E-state index contributed by atoms with van der Waals surface area (Å²) < 4.78 is 5.12. The highest BCUT2D eigenvalue weighted by atomic mass is 16.5. The molecule has 0 radical (unpaired) electrons. The first-order valence-corrected chi connectivity index (χ1v) is 10.3. The molecule has 1 amide bonds. The highest BCUT2D eigenvalue weighted by Crippen LogP contribution is 2.41. The van der Waals surface area contributed by atoms with Gasteiger partial charge in [0.15, 0.2) is 0 Å². The molecular formula is C25H31N3O2. The van der Waals surface area contributed by atoms with Gasteiger partial charge in [0.05, 0.1) is 18.9 Å². The number of anilines is 1. The predicted octanol–water partition coefficient (Wildman–Crippen LogP) is 5.18. The first-order valence-electron chi connectivity index (χ1n) is 10.3. The molecule has 3 rings (SSSR count). The fourth-order valence-electron chi connectivity index (χ4n) is 4.26. The number of rotatable bonds is 5. The Morgan fingerprint density at radius 1 is 1.17 bits per heavy atom. The van der Waals surface area contributed by atoms with Crippen LogP contribution in [0.1, 0.15) is 61.7 Å². The van der Waals surface area contributed by atoms with E-state index < -0.39 is 0 Å². The van der Waals surface area contributed by atoms with Crippen molar-refractivity contribution in [2.45, 2.75) is 53.1 Å². The zero-order valence-electron chi connectivity index (χ0n) is 18.9. The predicted molar refractivity (Wildman–Crippen MR) is 125 cm³/mol. The molecule has 0 saturated carbocycles. The fourth-order valence-corrected chi connectivity index (χ4v) is 4.26. The molecule has 2 aromatic carbocycles.